The van der Waals surface area contributed by atoms with Crippen LogP contribution in [0.1, 0.15) is 36.2 Å². The second-order valence-corrected chi connectivity index (χ2v) is 6.69. The molecule has 3 rings (SSSR count). The highest BCUT2D eigenvalue weighted by molar-refractivity contribution is 5.87. The van der Waals surface area contributed by atoms with Gasteiger partial charge in [-0.3, -0.25) is 0 Å². The number of aliphatic hydroxyl groups is 1. The molecule has 140 valence electrons. The zero-order chi connectivity index (χ0) is 19.2. The fraction of sp³-hybridized carbons (Fsp3) is 0.273. The number of fused-ring (bicyclic) bond motifs is 1. The van der Waals surface area contributed by atoms with Crippen molar-refractivity contribution in [2.75, 3.05) is 6.61 Å². The summed E-state index contributed by atoms with van der Waals surface area (Å²) in [7, 11) is 0. The van der Waals surface area contributed by atoms with Gasteiger partial charge in [-0.1, -0.05) is 43.3 Å². The Bertz CT molecular complexity index is 945. The Morgan fingerprint density at radius 2 is 2.00 bits per heavy atom. The third-order valence-electron chi connectivity index (χ3n) is 4.67. The summed E-state index contributed by atoms with van der Waals surface area (Å²) in [4.78, 5) is 15.6. The number of aromatic nitrogens is 2. The summed E-state index contributed by atoms with van der Waals surface area (Å²) in [6.45, 7) is 3.02. The highest BCUT2D eigenvalue weighted by Gasteiger charge is 2.15. The molecule has 0 saturated carbocycles. The molecular weight excluding hydrogens is 340 g/mol. The zero-order valence-corrected chi connectivity index (χ0v) is 15.4. The average molecular weight is 364 g/mol. The monoisotopic (exact) mass is 364 g/mol. The molecular formula is C22H24N2O3. The Kier molecular flexibility index (Phi) is 6.04. The number of hydrogen-bond acceptors (Lipinski definition) is 3. The fourth-order valence-corrected chi connectivity index (χ4v) is 3.28. The maximum Gasteiger partial charge on any atom is 0.328 e. The maximum absolute atomic E-state index is 10.7. The lowest BCUT2D eigenvalue weighted by molar-refractivity contribution is -0.131. The van der Waals surface area contributed by atoms with Crippen LogP contribution in [0.3, 0.4) is 0 Å². The predicted molar refractivity (Wildman–Crippen MR) is 107 cm³/mol. The van der Waals surface area contributed by atoms with E-state index in [2.05, 4.69) is 23.6 Å². The highest BCUT2D eigenvalue weighted by atomic mass is 16.4. The molecule has 27 heavy (non-hydrogen) atoms. The number of hydrogen-bond donors (Lipinski definition) is 2. The highest BCUT2D eigenvalue weighted by Crippen LogP contribution is 2.24. The van der Waals surface area contributed by atoms with Crippen LogP contribution in [0.25, 0.3) is 17.1 Å². The number of aliphatic carboxylic acids is 1. The zero-order valence-electron chi connectivity index (χ0n) is 15.4. The van der Waals surface area contributed by atoms with Gasteiger partial charge in [0.1, 0.15) is 5.82 Å². The van der Waals surface area contributed by atoms with Gasteiger partial charge in [-0.15, -0.1) is 0 Å². The first-order valence-electron chi connectivity index (χ1n) is 9.14. The summed E-state index contributed by atoms with van der Waals surface area (Å²) in [6, 6.07) is 16.1. The number of carboxylic acids is 1. The van der Waals surface area contributed by atoms with Gasteiger partial charge >= 0.3 is 5.97 Å². The molecule has 3 aromatic rings. The van der Waals surface area contributed by atoms with Gasteiger partial charge in [-0.25, -0.2) is 9.78 Å². The van der Waals surface area contributed by atoms with Gasteiger partial charge in [0, 0.05) is 25.6 Å². The summed E-state index contributed by atoms with van der Waals surface area (Å²) in [5.41, 5.74) is 3.92. The Morgan fingerprint density at radius 1 is 1.22 bits per heavy atom. The number of imidazole rings is 1. The van der Waals surface area contributed by atoms with Crippen LogP contribution in [0.2, 0.25) is 0 Å². The molecule has 2 N–H and O–H groups in total. The summed E-state index contributed by atoms with van der Waals surface area (Å²) < 4.78 is 2.16. The van der Waals surface area contributed by atoms with E-state index in [1.54, 1.807) is 6.08 Å². The Morgan fingerprint density at radius 3 is 2.70 bits per heavy atom. The smallest absolute Gasteiger partial charge is 0.328 e. The van der Waals surface area contributed by atoms with Crippen molar-refractivity contribution in [2.45, 2.75) is 32.2 Å². The van der Waals surface area contributed by atoms with Crippen LogP contribution in [-0.4, -0.2) is 32.3 Å². The van der Waals surface area contributed by atoms with Crippen molar-refractivity contribution < 1.29 is 15.0 Å². The molecule has 0 spiro atoms. The van der Waals surface area contributed by atoms with Gasteiger partial charge in [0.15, 0.2) is 0 Å². The van der Waals surface area contributed by atoms with Crippen LogP contribution in [0, 0.1) is 0 Å². The number of benzene rings is 2. The Balaban J connectivity index is 1.95. The van der Waals surface area contributed by atoms with Crippen molar-refractivity contribution >= 4 is 23.1 Å². The topological polar surface area (TPSA) is 75.3 Å². The van der Waals surface area contributed by atoms with E-state index in [0.29, 0.717) is 18.9 Å². The van der Waals surface area contributed by atoms with E-state index in [0.717, 1.165) is 34.9 Å². The summed E-state index contributed by atoms with van der Waals surface area (Å²) >= 11 is 0. The minimum atomic E-state index is -0.971. The number of aliphatic hydroxyl groups excluding tert-OH is 1. The lowest BCUT2D eigenvalue weighted by atomic mass is 9.97. The van der Waals surface area contributed by atoms with Crippen molar-refractivity contribution in [3.8, 4) is 0 Å². The molecule has 5 heteroatoms. The van der Waals surface area contributed by atoms with E-state index in [-0.39, 0.29) is 6.61 Å². The summed E-state index contributed by atoms with van der Waals surface area (Å²) in [5, 5.41) is 18.1. The van der Waals surface area contributed by atoms with Crippen LogP contribution in [0.4, 0.5) is 0 Å². The molecule has 1 unspecified atom stereocenters. The fourth-order valence-electron chi connectivity index (χ4n) is 3.28. The van der Waals surface area contributed by atoms with Crippen LogP contribution < -0.4 is 0 Å². The van der Waals surface area contributed by atoms with Crippen molar-refractivity contribution in [3.63, 3.8) is 0 Å². The molecule has 0 fully saturated rings. The van der Waals surface area contributed by atoms with Crippen molar-refractivity contribution in [3.05, 3.63) is 71.6 Å². The molecule has 2 aromatic carbocycles. The van der Waals surface area contributed by atoms with Gasteiger partial charge in [0.2, 0.25) is 0 Å². The minimum absolute atomic E-state index is 0.132. The minimum Gasteiger partial charge on any atom is -0.478 e. The largest absolute Gasteiger partial charge is 0.478 e. The first-order valence-corrected chi connectivity index (χ1v) is 9.14. The van der Waals surface area contributed by atoms with E-state index in [4.69, 9.17) is 10.1 Å². The second-order valence-electron chi connectivity index (χ2n) is 6.69. The molecule has 5 nitrogen and oxygen atoms in total. The van der Waals surface area contributed by atoms with E-state index >= 15 is 0 Å². The molecule has 0 aliphatic rings. The average Bonchev–Trinajstić information content (AvgIpc) is 3.01. The Labute approximate surface area is 158 Å². The van der Waals surface area contributed by atoms with Crippen LogP contribution in [0.5, 0.6) is 0 Å². The molecule has 1 aromatic heterocycles. The molecule has 1 heterocycles. The molecule has 0 bridgehead atoms. The quantitative estimate of drug-likeness (QED) is 0.595. The number of carboxylic acid groups (broad SMARTS) is 1. The van der Waals surface area contributed by atoms with Crippen molar-refractivity contribution in [2.24, 2.45) is 0 Å². The predicted octanol–water partition coefficient (Wildman–Crippen LogP) is 3.86. The first-order chi connectivity index (χ1) is 13.1. The summed E-state index contributed by atoms with van der Waals surface area (Å²) in [5.74, 6) is 0.331. The van der Waals surface area contributed by atoms with E-state index in [1.165, 1.54) is 5.56 Å². The SMILES string of the molecule is CC(Cc1nc2cc(C=CC(=O)O)ccc2n1CCCO)c1ccccc1. The number of nitrogens with zero attached hydrogens (tertiary/aromatic N) is 2. The van der Waals surface area contributed by atoms with Gasteiger partial charge in [0.25, 0.3) is 0 Å². The van der Waals surface area contributed by atoms with Gasteiger partial charge in [-0.05, 0) is 41.7 Å². The molecule has 1 atom stereocenters. The molecule has 0 aliphatic heterocycles. The van der Waals surface area contributed by atoms with Crippen molar-refractivity contribution in [1.82, 2.24) is 9.55 Å². The maximum atomic E-state index is 10.7. The number of rotatable bonds is 8. The normalized spacial score (nSPS) is 12.7. The molecule has 0 radical (unpaired) electrons. The molecule has 0 aliphatic carbocycles. The lowest BCUT2D eigenvalue weighted by Crippen LogP contribution is -2.09. The number of aryl methyl sites for hydroxylation is 1. The van der Waals surface area contributed by atoms with Gasteiger partial charge in [-0.2, -0.15) is 0 Å². The van der Waals surface area contributed by atoms with Crippen LogP contribution >= 0.6 is 0 Å². The standard InChI is InChI=1S/C22H24N2O3/c1-16(18-6-3-2-4-7-18)14-21-23-19-15-17(9-11-22(26)27)8-10-20(19)24(21)12-5-13-25/h2-4,6-11,15-16,25H,5,12-14H2,1H3,(H,26,27). The van der Waals surface area contributed by atoms with Gasteiger partial charge < -0.3 is 14.8 Å². The number of carbonyl (C=O) groups is 1. The second kappa shape index (κ2) is 8.64. The molecule has 0 amide bonds. The van der Waals surface area contributed by atoms with E-state index in [1.807, 2.05) is 36.4 Å². The third kappa shape index (κ3) is 4.63. The lowest BCUT2D eigenvalue weighted by Gasteiger charge is -2.13. The Hall–Kier alpha value is -2.92. The first kappa shape index (κ1) is 18.9. The van der Waals surface area contributed by atoms with Crippen LogP contribution in [-0.2, 0) is 17.8 Å². The van der Waals surface area contributed by atoms with Crippen LogP contribution in [0.15, 0.2) is 54.6 Å². The molecule has 0 saturated heterocycles. The van der Waals surface area contributed by atoms with E-state index < -0.39 is 5.97 Å². The summed E-state index contributed by atoms with van der Waals surface area (Å²) in [6.07, 6.45) is 4.16. The third-order valence-corrected chi connectivity index (χ3v) is 4.67. The van der Waals surface area contributed by atoms with E-state index in [9.17, 15) is 9.90 Å². The van der Waals surface area contributed by atoms with Crippen molar-refractivity contribution in [1.29, 1.82) is 0 Å². The van der Waals surface area contributed by atoms with Gasteiger partial charge in [0.05, 0.1) is 11.0 Å².